The molecule has 4 nitrogen and oxygen atoms in total. The molecule has 1 aromatic rings. The van der Waals surface area contributed by atoms with E-state index in [2.05, 4.69) is 16.3 Å². The predicted octanol–water partition coefficient (Wildman–Crippen LogP) is 2.11. The Bertz CT molecular complexity index is 577. The van der Waals surface area contributed by atoms with Gasteiger partial charge in [0.1, 0.15) is 0 Å². The summed E-state index contributed by atoms with van der Waals surface area (Å²) in [7, 11) is 1.13. The largest absolute Gasteiger partial charge is 0.313 e. The SMILES string of the molecule is CNC(CCN(C)C1CCS(=O)(=O)C1)c1cccc(Cl)c1. The maximum atomic E-state index is 11.5. The zero-order valence-electron chi connectivity index (χ0n) is 12.5. The minimum absolute atomic E-state index is 0.159. The topological polar surface area (TPSA) is 49.4 Å². The lowest BCUT2D eigenvalue weighted by Crippen LogP contribution is -2.35. The maximum Gasteiger partial charge on any atom is 0.151 e. The van der Waals surface area contributed by atoms with Crippen LogP contribution < -0.4 is 5.32 Å². The van der Waals surface area contributed by atoms with E-state index in [4.69, 9.17) is 11.6 Å². The van der Waals surface area contributed by atoms with Crippen molar-refractivity contribution in [3.05, 3.63) is 34.9 Å². The van der Waals surface area contributed by atoms with Gasteiger partial charge in [0.2, 0.25) is 0 Å². The Morgan fingerprint density at radius 1 is 1.48 bits per heavy atom. The minimum Gasteiger partial charge on any atom is -0.313 e. The second-order valence-electron chi connectivity index (χ2n) is 5.72. The summed E-state index contributed by atoms with van der Waals surface area (Å²) in [6, 6.07) is 8.24. The summed E-state index contributed by atoms with van der Waals surface area (Å²) in [4.78, 5) is 2.17. The molecule has 1 heterocycles. The van der Waals surface area contributed by atoms with E-state index < -0.39 is 9.84 Å². The first-order chi connectivity index (χ1) is 9.91. The van der Waals surface area contributed by atoms with E-state index in [9.17, 15) is 8.42 Å². The summed E-state index contributed by atoms with van der Waals surface area (Å²) in [6.07, 6.45) is 1.67. The molecule has 2 atom stereocenters. The van der Waals surface area contributed by atoms with Gasteiger partial charge in [0, 0.05) is 17.1 Å². The van der Waals surface area contributed by atoms with E-state index in [1.54, 1.807) is 0 Å². The number of hydrogen-bond acceptors (Lipinski definition) is 4. The van der Waals surface area contributed by atoms with Crippen molar-refractivity contribution in [1.82, 2.24) is 10.2 Å². The van der Waals surface area contributed by atoms with Gasteiger partial charge in [-0.15, -0.1) is 0 Å². The van der Waals surface area contributed by atoms with Gasteiger partial charge < -0.3 is 10.2 Å². The third-order valence-corrected chi connectivity index (χ3v) is 6.19. The maximum absolute atomic E-state index is 11.5. The number of halogens is 1. The van der Waals surface area contributed by atoms with Gasteiger partial charge in [0.15, 0.2) is 9.84 Å². The van der Waals surface area contributed by atoms with Crippen molar-refractivity contribution >= 4 is 21.4 Å². The predicted molar refractivity (Wildman–Crippen MR) is 87.6 cm³/mol. The van der Waals surface area contributed by atoms with Crippen LogP contribution in [0.2, 0.25) is 5.02 Å². The first-order valence-electron chi connectivity index (χ1n) is 7.24. The average molecular weight is 331 g/mol. The molecule has 21 heavy (non-hydrogen) atoms. The summed E-state index contributed by atoms with van der Waals surface area (Å²) in [5.74, 6) is 0.622. The van der Waals surface area contributed by atoms with Crippen molar-refractivity contribution in [1.29, 1.82) is 0 Å². The van der Waals surface area contributed by atoms with Crippen molar-refractivity contribution < 1.29 is 8.42 Å². The number of hydrogen-bond donors (Lipinski definition) is 1. The van der Waals surface area contributed by atoms with Gasteiger partial charge in [0.25, 0.3) is 0 Å². The Balaban J connectivity index is 1.91. The molecule has 1 N–H and O–H groups in total. The monoisotopic (exact) mass is 330 g/mol. The van der Waals surface area contributed by atoms with Crippen LogP contribution >= 0.6 is 11.6 Å². The highest BCUT2D eigenvalue weighted by molar-refractivity contribution is 7.91. The van der Waals surface area contributed by atoms with Crippen LogP contribution in [-0.4, -0.2) is 51.5 Å². The molecule has 0 radical (unpaired) electrons. The van der Waals surface area contributed by atoms with Crippen LogP contribution in [0.5, 0.6) is 0 Å². The van der Waals surface area contributed by atoms with Crippen molar-refractivity contribution in [2.45, 2.75) is 24.9 Å². The fraction of sp³-hybridized carbons (Fsp3) is 0.600. The van der Waals surface area contributed by atoms with Crippen molar-refractivity contribution in [2.75, 3.05) is 32.1 Å². The molecule has 0 spiro atoms. The molecule has 0 bridgehead atoms. The fourth-order valence-electron chi connectivity index (χ4n) is 2.84. The zero-order valence-corrected chi connectivity index (χ0v) is 14.1. The number of nitrogens with zero attached hydrogens (tertiary/aromatic N) is 1. The van der Waals surface area contributed by atoms with E-state index in [1.165, 1.54) is 0 Å². The van der Waals surface area contributed by atoms with E-state index >= 15 is 0 Å². The summed E-state index contributed by atoms with van der Waals surface area (Å²) in [5.41, 5.74) is 1.16. The third kappa shape index (κ3) is 4.68. The quantitative estimate of drug-likeness (QED) is 0.868. The van der Waals surface area contributed by atoms with Crippen LogP contribution in [0.15, 0.2) is 24.3 Å². The Morgan fingerprint density at radius 2 is 2.24 bits per heavy atom. The smallest absolute Gasteiger partial charge is 0.151 e. The average Bonchev–Trinajstić information content (AvgIpc) is 2.80. The second-order valence-corrected chi connectivity index (χ2v) is 8.39. The van der Waals surface area contributed by atoms with Crippen LogP contribution in [-0.2, 0) is 9.84 Å². The molecule has 118 valence electrons. The molecule has 0 saturated carbocycles. The van der Waals surface area contributed by atoms with Crippen molar-refractivity contribution in [3.8, 4) is 0 Å². The molecule has 1 fully saturated rings. The van der Waals surface area contributed by atoms with Gasteiger partial charge in [-0.3, -0.25) is 0 Å². The normalized spacial score (nSPS) is 22.6. The van der Waals surface area contributed by atoms with E-state index in [1.807, 2.05) is 32.3 Å². The molecule has 0 aliphatic carbocycles. The Hall–Kier alpha value is -0.620. The highest BCUT2D eigenvalue weighted by Gasteiger charge is 2.30. The van der Waals surface area contributed by atoms with Crippen molar-refractivity contribution in [3.63, 3.8) is 0 Å². The van der Waals surface area contributed by atoms with E-state index in [-0.39, 0.29) is 12.1 Å². The summed E-state index contributed by atoms with van der Waals surface area (Å²) in [5, 5.41) is 4.04. The lowest BCUT2D eigenvalue weighted by Gasteiger charge is -2.26. The van der Waals surface area contributed by atoms with Gasteiger partial charge in [-0.2, -0.15) is 0 Å². The second kappa shape index (κ2) is 7.09. The minimum atomic E-state index is -2.82. The van der Waals surface area contributed by atoms with Crippen molar-refractivity contribution in [2.24, 2.45) is 0 Å². The molecule has 1 aliphatic rings. The molecule has 6 heteroatoms. The highest BCUT2D eigenvalue weighted by atomic mass is 35.5. The summed E-state index contributed by atoms with van der Waals surface area (Å²) in [6.45, 7) is 0.859. The standard InChI is InChI=1S/C15H23ClN2O2S/c1-17-15(12-4-3-5-13(16)10-12)6-8-18(2)14-7-9-21(19,20)11-14/h3-5,10,14-15,17H,6-9,11H2,1-2H3. The lowest BCUT2D eigenvalue weighted by atomic mass is 10.0. The van der Waals surface area contributed by atoms with Gasteiger partial charge >= 0.3 is 0 Å². The van der Waals surface area contributed by atoms with E-state index in [0.717, 1.165) is 30.0 Å². The molecule has 1 saturated heterocycles. The Kier molecular flexibility index (Phi) is 5.66. The van der Waals surface area contributed by atoms with Crippen LogP contribution in [0.3, 0.4) is 0 Å². The fourth-order valence-corrected chi connectivity index (χ4v) is 4.84. The summed E-state index contributed by atoms with van der Waals surface area (Å²) < 4.78 is 23.1. The highest BCUT2D eigenvalue weighted by Crippen LogP contribution is 2.22. The van der Waals surface area contributed by atoms with Gasteiger partial charge in [0.05, 0.1) is 11.5 Å². The van der Waals surface area contributed by atoms with Gasteiger partial charge in [-0.1, -0.05) is 23.7 Å². The number of rotatable bonds is 6. The van der Waals surface area contributed by atoms with E-state index in [0.29, 0.717) is 11.5 Å². The number of benzene rings is 1. The molecule has 1 aliphatic heterocycles. The van der Waals surface area contributed by atoms with Crippen LogP contribution in [0.4, 0.5) is 0 Å². The van der Waals surface area contributed by atoms with Gasteiger partial charge in [-0.05, 0) is 51.2 Å². The van der Waals surface area contributed by atoms with Gasteiger partial charge in [-0.25, -0.2) is 8.42 Å². The van der Waals surface area contributed by atoms with Crippen LogP contribution in [0.1, 0.15) is 24.4 Å². The van der Waals surface area contributed by atoms with Crippen LogP contribution in [0.25, 0.3) is 0 Å². The molecule has 0 aromatic heterocycles. The number of nitrogens with one attached hydrogen (secondary N) is 1. The summed E-state index contributed by atoms with van der Waals surface area (Å²) >= 11 is 6.04. The first-order valence-corrected chi connectivity index (χ1v) is 9.44. The Morgan fingerprint density at radius 3 is 2.81 bits per heavy atom. The zero-order chi connectivity index (χ0) is 15.5. The molecule has 1 aromatic carbocycles. The number of sulfone groups is 1. The molecule has 2 unspecified atom stereocenters. The Labute approximate surface area is 132 Å². The molecule has 2 rings (SSSR count). The van der Waals surface area contributed by atoms with Crippen LogP contribution in [0, 0.1) is 0 Å². The molecular formula is C15H23ClN2O2S. The molecular weight excluding hydrogens is 308 g/mol. The lowest BCUT2D eigenvalue weighted by molar-refractivity contribution is 0.248. The third-order valence-electron chi connectivity index (χ3n) is 4.20. The molecule has 0 amide bonds. The first kappa shape index (κ1) is 16.7.